The number of nitrogens with one attached hydrogen (secondary N) is 1. The summed E-state index contributed by atoms with van der Waals surface area (Å²) in [5.74, 6) is 1.86. The van der Waals surface area contributed by atoms with Gasteiger partial charge in [0.2, 0.25) is 11.8 Å². The molecule has 1 fully saturated rings. The summed E-state index contributed by atoms with van der Waals surface area (Å²) in [5.41, 5.74) is 5.61. The zero-order valence-corrected chi connectivity index (χ0v) is 16.6. The molecule has 0 spiro atoms. The van der Waals surface area contributed by atoms with Crippen molar-refractivity contribution in [2.45, 2.75) is 38.1 Å². The van der Waals surface area contributed by atoms with Gasteiger partial charge in [-0.25, -0.2) is 4.98 Å². The van der Waals surface area contributed by atoms with Crippen molar-refractivity contribution < 1.29 is 14.3 Å². The number of primary amides is 1. The molecule has 1 aliphatic rings. The van der Waals surface area contributed by atoms with Crippen molar-refractivity contribution in [3.05, 3.63) is 66.4 Å². The first-order chi connectivity index (χ1) is 14.7. The maximum atomic E-state index is 11.8. The van der Waals surface area contributed by atoms with Gasteiger partial charge in [-0.15, -0.1) is 0 Å². The zero-order valence-electron chi connectivity index (χ0n) is 16.6. The summed E-state index contributed by atoms with van der Waals surface area (Å²) in [6.07, 6.45) is 7.22. The van der Waals surface area contributed by atoms with Crippen LogP contribution in [0.1, 0.15) is 42.5 Å². The summed E-state index contributed by atoms with van der Waals surface area (Å²) in [7, 11) is 0. The van der Waals surface area contributed by atoms with Gasteiger partial charge in [0.05, 0.1) is 0 Å². The van der Waals surface area contributed by atoms with E-state index in [1.54, 1.807) is 24.3 Å². The summed E-state index contributed by atoms with van der Waals surface area (Å²) >= 11 is 0. The van der Waals surface area contributed by atoms with Crippen LogP contribution < -0.4 is 20.5 Å². The minimum absolute atomic E-state index is 0.132. The number of anilines is 1. The molecule has 1 aromatic heterocycles. The Morgan fingerprint density at radius 2 is 1.53 bits per heavy atom. The fourth-order valence-electron chi connectivity index (χ4n) is 3.42. The normalized spacial score (nSPS) is 14.1. The molecule has 3 aromatic rings. The second-order valence-electron chi connectivity index (χ2n) is 7.24. The van der Waals surface area contributed by atoms with Gasteiger partial charge < -0.3 is 20.5 Å². The van der Waals surface area contributed by atoms with Crippen LogP contribution in [-0.4, -0.2) is 21.9 Å². The molecule has 1 heterocycles. The van der Waals surface area contributed by atoms with E-state index in [2.05, 4.69) is 15.3 Å². The van der Waals surface area contributed by atoms with Crippen LogP contribution in [0, 0.1) is 0 Å². The highest BCUT2D eigenvalue weighted by atomic mass is 16.5. The Labute approximate surface area is 175 Å². The van der Waals surface area contributed by atoms with Gasteiger partial charge in [0, 0.05) is 12.2 Å². The van der Waals surface area contributed by atoms with E-state index >= 15 is 0 Å². The molecule has 2 aromatic carbocycles. The quantitative estimate of drug-likeness (QED) is 0.581. The Bertz CT molecular complexity index is 987. The van der Waals surface area contributed by atoms with E-state index in [1.165, 1.54) is 25.5 Å². The van der Waals surface area contributed by atoms with Crippen molar-refractivity contribution in [2.24, 2.45) is 5.73 Å². The lowest BCUT2D eigenvalue weighted by Gasteiger charge is -2.22. The fraction of sp³-hybridized carbons (Fsp3) is 0.261. The lowest BCUT2D eigenvalue weighted by molar-refractivity contribution is 0.0997. The van der Waals surface area contributed by atoms with Crippen LogP contribution in [0.25, 0.3) is 0 Å². The molecule has 7 heteroatoms. The highest BCUT2D eigenvalue weighted by molar-refractivity contribution is 5.94. The number of aromatic nitrogens is 2. The SMILES string of the molecule is NC(=O)c1cnc(NC2CCCCC2)nc1Oc1ccc(Oc2ccccc2)cc1. The number of nitrogens with two attached hydrogens (primary N) is 1. The predicted octanol–water partition coefficient (Wildman–Crippen LogP) is 4.90. The van der Waals surface area contributed by atoms with E-state index in [1.807, 2.05) is 30.3 Å². The Hall–Kier alpha value is -3.61. The van der Waals surface area contributed by atoms with Crippen molar-refractivity contribution in [1.29, 1.82) is 0 Å². The molecule has 7 nitrogen and oxygen atoms in total. The summed E-state index contributed by atoms with van der Waals surface area (Å²) in [4.78, 5) is 20.4. The molecule has 1 saturated carbocycles. The van der Waals surface area contributed by atoms with Crippen LogP contribution in [0.5, 0.6) is 23.1 Å². The van der Waals surface area contributed by atoms with E-state index in [9.17, 15) is 4.79 Å². The zero-order chi connectivity index (χ0) is 20.8. The maximum Gasteiger partial charge on any atom is 0.255 e. The highest BCUT2D eigenvalue weighted by Gasteiger charge is 2.18. The van der Waals surface area contributed by atoms with Crippen molar-refractivity contribution in [1.82, 2.24) is 9.97 Å². The van der Waals surface area contributed by atoms with Crippen molar-refractivity contribution in [3.63, 3.8) is 0 Å². The van der Waals surface area contributed by atoms with E-state index in [-0.39, 0.29) is 11.4 Å². The molecule has 0 radical (unpaired) electrons. The number of hydrogen-bond acceptors (Lipinski definition) is 6. The first kappa shape index (κ1) is 19.7. The van der Waals surface area contributed by atoms with Crippen LogP contribution in [0.15, 0.2) is 60.8 Å². The van der Waals surface area contributed by atoms with E-state index in [0.29, 0.717) is 23.5 Å². The molecule has 0 aliphatic heterocycles. The van der Waals surface area contributed by atoms with Gasteiger partial charge in [-0.05, 0) is 49.2 Å². The number of hydrogen-bond donors (Lipinski definition) is 2. The molecule has 0 bridgehead atoms. The van der Waals surface area contributed by atoms with Crippen LogP contribution in [0.3, 0.4) is 0 Å². The summed E-state index contributed by atoms with van der Waals surface area (Å²) in [5, 5.41) is 3.34. The van der Waals surface area contributed by atoms with Crippen LogP contribution in [0.2, 0.25) is 0 Å². The smallest absolute Gasteiger partial charge is 0.255 e. The minimum atomic E-state index is -0.641. The number of rotatable bonds is 7. The molecule has 30 heavy (non-hydrogen) atoms. The summed E-state index contributed by atoms with van der Waals surface area (Å²) in [6, 6.07) is 16.9. The molecular formula is C23H24N4O3. The Morgan fingerprint density at radius 1 is 0.900 bits per heavy atom. The lowest BCUT2D eigenvalue weighted by Crippen LogP contribution is -2.24. The van der Waals surface area contributed by atoms with Crippen LogP contribution in [-0.2, 0) is 0 Å². The monoisotopic (exact) mass is 404 g/mol. The molecule has 3 N–H and O–H groups in total. The van der Waals surface area contributed by atoms with Gasteiger partial charge in [0.25, 0.3) is 5.91 Å². The second kappa shape index (κ2) is 9.26. The van der Waals surface area contributed by atoms with Gasteiger partial charge in [-0.3, -0.25) is 4.79 Å². The molecule has 154 valence electrons. The van der Waals surface area contributed by atoms with Crippen molar-refractivity contribution in [3.8, 4) is 23.1 Å². The highest BCUT2D eigenvalue weighted by Crippen LogP contribution is 2.28. The largest absolute Gasteiger partial charge is 0.457 e. The number of para-hydroxylation sites is 1. The molecule has 1 amide bonds. The Balaban J connectivity index is 1.49. The average Bonchev–Trinajstić information content (AvgIpc) is 2.77. The number of carbonyl (C=O) groups excluding carboxylic acids is 1. The third-order valence-electron chi connectivity index (χ3n) is 4.97. The van der Waals surface area contributed by atoms with E-state index in [4.69, 9.17) is 15.2 Å². The standard InChI is InChI=1S/C23H24N4O3/c24-21(28)20-15-25-23(26-16-7-3-1-4-8-16)27-22(20)30-19-13-11-18(12-14-19)29-17-9-5-2-6-10-17/h2,5-6,9-16H,1,3-4,7-8H2,(H2,24,28)(H,25,26,27). The van der Waals surface area contributed by atoms with E-state index in [0.717, 1.165) is 18.6 Å². The van der Waals surface area contributed by atoms with Gasteiger partial charge in [0.1, 0.15) is 22.8 Å². The van der Waals surface area contributed by atoms with Crippen LogP contribution >= 0.6 is 0 Å². The Morgan fingerprint density at radius 3 is 2.20 bits per heavy atom. The fourth-order valence-corrected chi connectivity index (χ4v) is 3.42. The third-order valence-corrected chi connectivity index (χ3v) is 4.97. The number of ether oxygens (including phenoxy) is 2. The molecular weight excluding hydrogens is 380 g/mol. The minimum Gasteiger partial charge on any atom is -0.457 e. The first-order valence-electron chi connectivity index (χ1n) is 10.1. The van der Waals surface area contributed by atoms with Crippen molar-refractivity contribution in [2.75, 3.05) is 5.32 Å². The summed E-state index contributed by atoms with van der Waals surface area (Å²) in [6.45, 7) is 0. The molecule has 4 rings (SSSR count). The van der Waals surface area contributed by atoms with Crippen LogP contribution in [0.4, 0.5) is 5.95 Å². The topological polar surface area (TPSA) is 99.4 Å². The van der Waals surface area contributed by atoms with E-state index < -0.39 is 5.91 Å². The van der Waals surface area contributed by atoms with Crippen molar-refractivity contribution >= 4 is 11.9 Å². The van der Waals surface area contributed by atoms with Gasteiger partial charge in [0.15, 0.2) is 0 Å². The molecule has 1 aliphatic carbocycles. The van der Waals surface area contributed by atoms with Gasteiger partial charge in [-0.1, -0.05) is 37.5 Å². The number of benzene rings is 2. The number of amides is 1. The van der Waals surface area contributed by atoms with Gasteiger partial charge >= 0.3 is 0 Å². The lowest BCUT2D eigenvalue weighted by atomic mass is 9.96. The van der Waals surface area contributed by atoms with Gasteiger partial charge in [-0.2, -0.15) is 4.98 Å². The predicted molar refractivity (Wildman–Crippen MR) is 114 cm³/mol. The first-order valence-corrected chi connectivity index (χ1v) is 10.1. The number of nitrogens with zero attached hydrogens (tertiary/aromatic N) is 2. The Kier molecular flexibility index (Phi) is 6.08. The number of carbonyl (C=O) groups is 1. The third kappa shape index (κ3) is 5.05. The second-order valence-corrected chi connectivity index (χ2v) is 7.24. The molecule has 0 atom stereocenters. The molecule has 0 unspecified atom stereocenters. The maximum absolute atomic E-state index is 11.8. The summed E-state index contributed by atoms with van der Waals surface area (Å²) < 4.78 is 11.6. The molecule has 0 saturated heterocycles. The average molecular weight is 404 g/mol.